The molecule has 0 saturated heterocycles. The number of H-pyrrole nitrogens is 1. The van der Waals surface area contributed by atoms with E-state index in [1.165, 1.54) is 24.8 Å². The van der Waals surface area contributed by atoms with Gasteiger partial charge in [0.05, 0.1) is 24.3 Å². The molecule has 0 spiro atoms. The van der Waals surface area contributed by atoms with Crippen LogP contribution in [-0.4, -0.2) is 35.6 Å². The van der Waals surface area contributed by atoms with Gasteiger partial charge in [-0.2, -0.15) is 5.10 Å². The highest BCUT2D eigenvalue weighted by molar-refractivity contribution is 7.92. The predicted octanol–water partition coefficient (Wildman–Crippen LogP) is 0.0422. The number of sulfonamides is 1. The summed E-state index contributed by atoms with van der Waals surface area (Å²) in [5.74, 6) is 0.354. The number of hydrogen-bond donors (Lipinski definition) is 3. The van der Waals surface area contributed by atoms with E-state index in [2.05, 4.69) is 30.2 Å². The summed E-state index contributed by atoms with van der Waals surface area (Å²) in [5, 5.41) is 8.84. The summed E-state index contributed by atoms with van der Waals surface area (Å²) in [6, 6.07) is 0. The molecule has 0 aliphatic carbocycles. The van der Waals surface area contributed by atoms with E-state index in [1.54, 1.807) is 7.05 Å². The minimum Gasteiger partial charge on any atom is -0.357 e. The van der Waals surface area contributed by atoms with Crippen LogP contribution in [0, 0.1) is 0 Å². The van der Waals surface area contributed by atoms with Crippen LogP contribution in [-0.2, 0) is 10.0 Å². The first-order chi connectivity index (χ1) is 8.12. The Labute approximate surface area is 97.6 Å². The largest absolute Gasteiger partial charge is 0.357 e. The van der Waals surface area contributed by atoms with Gasteiger partial charge in [-0.05, 0) is 0 Å². The molecule has 0 fully saturated rings. The normalized spacial score (nSPS) is 11.1. The molecule has 0 amide bonds. The van der Waals surface area contributed by atoms with Crippen molar-refractivity contribution in [3.05, 3.63) is 24.8 Å². The molecule has 0 atom stereocenters. The summed E-state index contributed by atoms with van der Waals surface area (Å²) in [6.45, 7) is 0. The molecular weight excluding hydrogens is 244 g/mol. The van der Waals surface area contributed by atoms with Gasteiger partial charge in [-0.1, -0.05) is 0 Å². The smallest absolute Gasteiger partial charge is 0.265 e. The van der Waals surface area contributed by atoms with Crippen LogP contribution in [0.3, 0.4) is 0 Å². The van der Waals surface area contributed by atoms with Gasteiger partial charge in [0.25, 0.3) is 10.0 Å². The number of hydrogen-bond acceptors (Lipinski definition) is 6. The zero-order valence-electron chi connectivity index (χ0n) is 8.88. The quantitative estimate of drug-likeness (QED) is 0.710. The number of nitrogens with one attached hydrogen (secondary N) is 3. The lowest BCUT2D eigenvalue weighted by atomic mass is 10.6. The van der Waals surface area contributed by atoms with Crippen LogP contribution in [0.1, 0.15) is 0 Å². The fourth-order valence-corrected chi connectivity index (χ4v) is 2.03. The molecule has 2 rings (SSSR count). The maximum atomic E-state index is 11.8. The second-order valence-corrected chi connectivity index (χ2v) is 4.77. The molecule has 8 nitrogen and oxygen atoms in total. The van der Waals surface area contributed by atoms with Crippen molar-refractivity contribution in [2.24, 2.45) is 0 Å². The molecule has 2 aromatic heterocycles. The number of anilines is 2. The maximum Gasteiger partial charge on any atom is 0.265 e. The molecule has 0 bridgehead atoms. The van der Waals surface area contributed by atoms with Crippen LogP contribution in [0.15, 0.2) is 29.7 Å². The van der Waals surface area contributed by atoms with Crippen molar-refractivity contribution < 1.29 is 8.42 Å². The van der Waals surface area contributed by atoms with Crippen LogP contribution in [0.25, 0.3) is 0 Å². The lowest BCUT2D eigenvalue weighted by molar-refractivity contribution is 0.600. The van der Waals surface area contributed by atoms with Gasteiger partial charge in [0, 0.05) is 13.2 Å². The number of aromatic nitrogens is 4. The van der Waals surface area contributed by atoms with Crippen LogP contribution < -0.4 is 10.0 Å². The summed E-state index contributed by atoms with van der Waals surface area (Å²) in [7, 11) is -2.02. The molecular formula is C8H10N6O2S. The summed E-state index contributed by atoms with van der Waals surface area (Å²) in [5.41, 5.74) is 0.350. The number of nitrogens with zero attached hydrogens (tertiary/aromatic N) is 3. The fraction of sp³-hybridized carbons (Fsp3) is 0.125. The van der Waals surface area contributed by atoms with E-state index >= 15 is 0 Å². The Morgan fingerprint density at radius 1 is 1.24 bits per heavy atom. The zero-order chi connectivity index (χ0) is 12.3. The van der Waals surface area contributed by atoms with Crippen molar-refractivity contribution in [2.75, 3.05) is 17.1 Å². The summed E-state index contributed by atoms with van der Waals surface area (Å²) in [4.78, 5) is 7.64. The highest BCUT2D eigenvalue weighted by atomic mass is 32.2. The van der Waals surface area contributed by atoms with Gasteiger partial charge < -0.3 is 5.32 Å². The molecule has 0 aliphatic heterocycles. The molecule has 0 unspecified atom stereocenters. The van der Waals surface area contributed by atoms with E-state index in [1.807, 2.05) is 0 Å². The fourth-order valence-electron chi connectivity index (χ4n) is 1.10. The van der Waals surface area contributed by atoms with Gasteiger partial charge in [-0.15, -0.1) is 0 Å². The van der Waals surface area contributed by atoms with Crippen molar-refractivity contribution in [3.63, 3.8) is 0 Å². The van der Waals surface area contributed by atoms with Crippen molar-refractivity contribution in [2.45, 2.75) is 4.90 Å². The second-order valence-electron chi connectivity index (χ2n) is 3.08. The SMILES string of the molecule is CNc1ncc(S(=O)(=O)Nc2cn[nH]c2)cn1. The average molecular weight is 254 g/mol. The molecule has 90 valence electrons. The molecule has 0 saturated carbocycles. The molecule has 9 heteroatoms. The Kier molecular flexibility index (Phi) is 2.91. The highest BCUT2D eigenvalue weighted by Crippen LogP contribution is 2.13. The first-order valence-electron chi connectivity index (χ1n) is 4.63. The zero-order valence-corrected chi connectivity index (χ0v) is 9.69. The highest BCUT2D eigenvalue weighted by Gasteiger charge is 2.15. The molecule has 2 heterocycles. The lowest BCUT2D eigenvalue weighted by Crippen LogP contribution is -2.13. The first-order valence-corrected chi connectivity index (χ1v) is 6.11. The third-order valence-corrected chi connectivity index (χ3v) is 3.25. The minimum absolute atomic E-state index is 0.0160. The molecule has 17 heavy (non-hydrogen) atoms. The van der Waals surface area contributed by atoms with Crippen LogP contribution in [0.2, 0.25) is 0 Å². The van der Waals surface area contributed by atoms with E-state index in [0.29, 0.717) is 11.6 Å². The third kappa shape index (κ3) is 2.50. The van der Waals surface area contributed by atoms with Gasteiger partial charge in [0.15, 0.2) is 0 Å². The molecule has 0 radical (unpaired) electrons. The van der Waals surface area contributed by atoms with E-state index in [-0.39, 0.29) is 4.90 Å². The summed E-state index contributed by atoms with van der Waals surface area (Å²) in [6.07, 6.45) is 5.24. The van der Waals surface area contributed by atoms with Gasteiger partial charge >= 0.3 is 0 Å². The Balaban J connectivity index is 2.25. The summed E-state index contributed by atoms with van der Waals surface area (Å²) < 4.78 is 26.0. The predicted molar refractivity (Wildman–Crippen MR) is 61.0 cm³/mol. The van der Waals surface area contributed by atoms with E-state index in [9.17, 15) is 8.42 Å². The van der Waals surface area contributed by atoms with Gasteiger partial charge in [0.1, 0.15) is 4.90 Å². The molecule has 3 N–H and O–H groups in total. The first kappa shape index (κ1) is 11.3. The van der Waals surface area contributed by atoms with Crippen molar-refractivity contribution >= 4 is 21.7 Å². The van der Waals surface area contributed by atoms with Gasteiger partial charge in [0.2, 0.25) is 5.95 Å². The van der Waals surface area contributed by atoms with E-state index < -0.39 is 10.0 Å². The van der Waals surface area contributed by atoms with Crippen molar-refractivity contribution in [1.29, 1.82) is 0 Å². The standard InChI is InChI=1S/C8H10N6O2S/c1-9-8-10-4-7(5-11-8)17(15,16)14-6-2-12-13-3-6/h2-5,14H,1H3,(H,12,13)(H,9,10,11). The minimum atomic E-state index is -3.67. The third-order valence-electron chi connectivity index (χ3n) is 1.91. The Morgan fingerprint density at radius 3 is 2.47 bits per heavy atom. The number of aromatic amines is 1. The molecule has 2 aromatic rings. The number of rotatable bonds is 4. The van der Waals surface area contributed by atoms with E-state index in [0.717, 1.165) is 0 Å². The second kappa shape index (κ2) is 4.37. The van der Waals surface area contributed by atoms with Crippen LogP contribution in [0.4, 0.5) is 11.6 Å². The average Bonchev–Trinajstić information content (AvgIpc) is 2.81. The van der Waals surface area contributed by atoms with Gasteiger partial charge in [-0.25, -0.2) is 18.4 Å². The van der Waals surface area contributed by atoms with Gasteiger partial charge in [-0.3, -0.25) is 9.82 Å². The molecule has 0 aliphatic rings. The van der Waals surface area contributed by atoms with Crippen molar-refractivity contribution in [1.82, 2.24) is 20.2 Å². The Hall–Kier alpha value is -2.16. The lowest BCUT2D eigenvalue weighted by Gasteiger charge is -2.05. The van der Waals surface area contributed by atoms with E-state index in [4.69, 9.17) is 0 Å². The monoisotopic (exact) mass is 254 g/mol. The maximum absolute atomic E-state index is 11.8. The van der Waals surface area contributed by atoms with Crippen molar-refractivity contribution in [3.8, 4) is 0 Å². The Bertz CT molecular complexity index is 577. The molecule has 0 aromatic carbocycles. The Morgan fingerprint density at radius 2 is 1.94 bits per heavy atom. The van der Waals surface area contributed by atoms with Crippen LogP contribution >= 0.6 is 0 Å². The summed E-state index contributed by atoms with van der Waals surface area (Å²) >= 11 is 0. The van der Waals surface area contributed by atoms with Crippen LogP contribution in [0.5, 0.6) is 0 Å². The topological polar surface area (TPSA) is 113 Å².